The summed E-state index contributed by atoms with van der Waals surface area (Å²) < 4.78 is 13.2. The number of nitrogens with zero attached hydrogens (tertiary/aromatic N) is 2. The van der Waals surface area contributed by atoms with Crippen LogP contribution in [0.3, 0.4) is 0 Å². The van der Waals surface area contributed by atoms with E-state index in [4.69, 9.17) is 0 Å². The van der Waals surface area contributed by atoms with Crippen molar-refractivity contribution in [3.63, 3.8) is 0 Å². The quantitative estimate of drug-likeness (QED) is 0.662. The Morgan fingerprint density at radius 1 is 1.03 bits per heavy atom. The van der Waals surface area contributed by atoms with E-state index in [0.717, 1.165) is 24.2 Å². The number of amides is 1. The highest BCUT2D eigenvalue weighted by molar-refractivity contribution is 5.94. The molecule has 0 saturated heterocycles. The van der Waals surface area contributed by atoms with Crippen LogP contribution in [0.1, 0.15) is 27.5 Å². The smallest absolute Gasteiger partial charge is 0.251 e. The van der Waals surface area contributed by atoms with Crippen LogP contribution in [0.25, 0.3) is 0 Å². The Morgan fingerprint density at radius 2 is 1.73 bits per heavy atom. The fourth-order valence-corrected chi connectivity index (χ4v) is 3.98. The lowest BCUT2D eigenvalue weighted by molar-refractivity contribution is 0.0951. The van der Waals surface area contributed by atoms with Crippen LogP contribution in [0.15, 0.2) is 72.8 Å². The molecule has 30 heavy (non-hydrogen) atoms. The van der Waals surface area contributed by atoms with E-state index in [0.29, 0.717) is 12.1 Å². The Morgan fingerprint density at radius 3 is 2.43 bits per heavy atom. The summed E-state index contributed by atoms with van der Waals surface area (Å²) in [6.07, 6.45) is 0.994. The topological polar surface area (TPSA) is 35.6 Å². The molecule has 0 fully saturated rings. The number of carbonyl (C=O) groups is 1. The minimum atomic E-state index is -0.348. The van der Waals surface area contributed by atoms with Crippen molar-refractivity contribution in [3.8, 4) is 0 Å². The van der Waals surface area contributed by atoms with Crippen molar-refractivity contribution in [3.05, 3.63) is 95.3 Å². The van der Waals surface area contributed by atoms with Crippen molar-refractivity contribution in [2.45, 2.75) is 12.5 Å². The third-order valence-corrected chi connectivity index (χ3v) is 5.66. The van der Waals surface area contributed by atoms with Crippen molar-refractivity contribution in [1.82, 2.24) is 5.32 Å². The predicted molar refractivity (Wildman–Crippen MR) is 120 cm³/mol. The molecule has 1 heterocycles. The molecule has 1 atom stereocenters. The summed E-state index contributed by atoms with van der Waals surface area (Å²) in [6.45, 7) is 1.37. The average Bonchev–Trinajstić information content (AvgIpc) is 3.19. The third kappa shape index (κ3) is 4.15. The molecule has 0 radical (unpaired) electrons. The number of anilines is 2. The molecule has 0 bridgehead atoms. The van der Waals surface area contributed by atoms with Gasteiger partial charge in [0, 0.05) is 44.1 Å². The number of halogens is 1. The largest absolute Gasteiger partial charge is 0.378 e. The maximum atomic E-state index is 13.2. The van der Waals surface area contributed by atoms with E-state index in [9.17, 15) is 9.18 Å². The molecular formula is C25H26FN3O. The van der Waals surface area contributed by atoms with E-state index >= 15 is 0 Å². The van der Waals surface area contributed by atoms with E-state index in [-0.39, 0.29) is 17.8 Å². The molecule has 0 aliphatic carbocycles. The van der Waals surface area contributed by atoms with Gasteiger partial charge in [-0.1, -0.05) is 30.3 Å². The van der Waals surface area contributed by atoms with Crippen LogP contribution in [0.5, 0.6) is 0 Å². The zero-order chi connectivity index (χ0) is 21.1. The second-order valence-electron chi connectivity index (χ2n) is 7.79. The maximum Gasteiger partial charge on any atom is 0.251 e. The minimum Gasteiger partial charge on any atom is -0.378 e. The second kappa shape index (κ2) is 8.57. The Hall–Kier alpha value is -3.34. The van der Waals surface area contributed by atoms with Gasteiger partial charge in [0.15, 0.2) is 0 Å². The van der Waals surface area contributed by atoms with Crippen molar-refractivity contribution >= 4 is 17.3 Å². The standard InChI is InChI=1S/C25H26FN3O/c1-28(2)22-13-9-19(10-14-22)24(29-16-15-18-5-3-4-6-23(18)29)17-27-25(30)20-7-11-21(26)12-8-20/h3-14,24H,15-17H2,1-2H3,(H,27,30)/t24-/m1/s1. The van der Waals surface area contributed by atoms with Crippen LogP contribution in [-0.2, 0) is 6.42 Å². The van der Waals surface area contributed by atoms with Crippen molar-refractivity contribution in [2.75, 3.05) is 37.0 Å². The highest BCUT2D eigenvalue weighted by Gasteiger charge is 2.27. The molecular weight excluding hydrogens is 377 g/mol. The van der Waals surface area contributed by atoms with Crippen molar-refractivity contribution in [1.29, 1.82) is 0 Å². The lowest BCUT2D eigenvalue weighted by Gasteiger charge is -2.31. The summed E-state index contributed by atoms with van der Waals surface area (Å²) in [4.78, 5) is 17.1. The van der Waals surface area contributed by atoms with Crippen LogP contribution in [0.2, 0.25) is 0 Å². The van der Waals surface area contributed by atoms with Gasteiger partial charge >= 0.3 is 0 Å². The SMILES string of the molecule is CN(C)c1ccc([C@@H](CNC(=O)c2ccc(F)cc2)N2CCc3ccccc32)cc1. The normalized spacial score (nSPS) is 13.6. The molecule has 0 unspecified atom stereocenters. The molecule has 4 nitrogen and oxygen atoms in total. The Kier molecular flexibility index (Phi) is 5.70. The van der Waals surface area contributed by atoms with Crippen LogP contribution >= 0.6 is 0 Å². The number of hydrogen-bond acceptors (Lipinski definition) is 3. The zero-order valence-electron chi connectivity index (χ0n) is 17.3. The third-order valence-electron chi connectivity index (χ3n) is 5.66. The highest BCUT2D eigenvalue weighted by Crippen LogP contribution is 2.35. The molecule has 1 N–H and O–H groups in total. The first-order valence-corrected chi connectivity index (χ1v) is 10.2. The number of nitrogens with one attached hydrogen (secondary N) is 1. The minimum absolute atomic E-state index is 0.00857. The Labute approximate surface area is 176 Å². The predicted octanol–water partition coefficient (Wildman–Crippen LogP) is 4.43. The van der Waals surface area contributed by atoms with Gasteiger partial charge in [-0.3, -0.25) is 4.79 Å². The van der Waals surface area contributed by atoms with Gasteiger partial charge in [0.25, 0.3) is 5.91 Å². The lowest BCUT2D eigenvalue weighted by atomic mass is 10.0. The molecule has 5 heteroatoms. The molecule has 1 aliphatic heterocycles. The van der Waals surface area contributed by atoms with Crippen LogP contribution in [-0.4, -0.2) is 33.1 Å². The summed E-state index contributed by atoms with van der Waals surface area (Å²) in [7, 11) is 4.04. The van der Waals surface area contributed by atoms with Gasteiger partial charge in [0.2, 0.25) is 0 Å². The summed E-state index contributed by atoms with van der Waals surface area (Å²) in [5.74, 6) is -0.545. The highest BCUT2D eigenvalue weighted by atomic mass is 19.1. The molecule has 3 aromatic carbocycles. The Balaban J connectivity index is 1.59. The molecule has 3 aromatic rings. The van der Waals surface area contributed by atoms with Gasteiger partial charge < -0.3 is 15.1 Å². The monoisotopic (exact) mass is 403 g/mol. The number of fused-ring (bicyclic) bond motifs is 1. The molecule has 4 rings (SSSR count). The summed E-state index contributed by atoms with van der Waals surface area (Å²) in [5, 5.41) is 3.05. The number of carbonyl (C=O) groups excluding carboxylic acids is 1. The maximum absolute atomic E-state index is 13.2. The number of hydrogen-bond donors (Lipinski definition) is 1. The van der Waals surface area contributed by atoms with Crippen LogP contribution in [0.4, 0.5) is 15.8 Å². The first-order chi connectivity index (χ1) is 14.5. The fraction of sp³-hybridized carbons (Fsp3) is 0.240. The number of benzene rings is 3. The van der Waals surface area contributed by atoms with Gasteiger partial charge in [-0.25, -0.2) is 4.39 Å². The van der Waals surface area contributed by atoms with Gasteiger partial charge in [0.05, 0.1) is 6.04 Å². The van der Waals surface area contributed by atoms with Gasteiger partial charge in [0.1, 0.15) is 5.82 Å². The molecule has 154 valence electrons. The second-order valence-corrected chi connectivity index (χ2v) is 7.79. The van der Waals surface area contributed by atoms with E-state index < -0.39 is 0 Å². The summed E-state index contributed by atoms with van der Waals surface area (Å²) in [6, 6.07) is 22.5. The number of para-hydroxylation sites is 1. The van der Waals surface area contributed by atoms with Gasteiger partial charge in [-0.15, -0.1) is 0 Å². The molecule has 1 aliphatic rings. The molecule has 0 spiro atoms. The van der Waals surface area contributed by atoms with Gasteiger partial charge in [-0.05, 0) is 60.0 Å². The first kappa shape index (κ1) is 20.0. The van der Waals surface area contributed by atoms with E-state index in [1.54, 1.807) is 0 Å². The summed E-state index contributed by atoms with van der Waals surface area (Å²) in [5.41, 5.74) is 5.29. The van der Waals surface area contributed by atoms with Crippen molar-refractivity contribution < 1.29 is 9.18 Å². The van der Waals surface area contributed by atoms with E-state index in [1.165, 1.54) is 35.5 Å². The van der Waals surface area contributed by atoms with Crippen LogP contribution in [0, 0.1) is 5.82 Å². The lowest BCUT2D eigenvalue weighted by Crippen LogP contribution is -2.37. The van der Waals surface area contributed by atoms with Crippen LogP contribution < -0.4 is 15.1 Å². The first-order valence-electron chi connectivity index (χ1n) is 10.2. The zero-order valence-corrected chi connectivity index (χ0v) is 17.3. The average molecular weight is 404 g/mol. The van der Waals surface area contributed by atoms with Crippen molar-refractivity contribution in [2.24, 2.45) is 0 Å². The fourth-order valence-electron chi connectivity index (χ4n) is 3.98. The summed E-state index contributed by atoms with van der Waals surface area (Å²) >= 11 is 0. The van der Waals surface area contributed by atoms with E-state index in [2.05, 4.69) is 63.6 Å². The molecule has 0 saturated carbocycles. The molecule has 1 amide bonds. The number of rotatable bonds is 6. The molecule has 0 aromatic heterocycles. The Bertz CT molecular complexity index is 1020. The van der Waals surface area contributed by atoms with Gasteiger partial charge in [-0.2, -0.15) is 0 Å². The van der Waals surface area contributed by atoms with E-state index in [1.807, 2.05) is 14.1 Å².